The summed E-state index contributed by atoms with van der Waals surface area (Å²) in [6.07, 6.45) is 3.55. The predicted octanol–water partition coefficient (Wildman–Crippen LogP) is 2.91. The van der Waals surface area contributed by atoms with Crippen LogP contribution >= 0.6 is 11.6 Å². The molecule has 32 heavy (non-hydrogen) atoms. The molecule has 0 aliphatic heterocycles. The van der Waals surface area contributed by atoms with Gasteiger partial charge in [-0.3, -0.25) is 14.3 Å². The van der Waals surface area contributed by atoms with Gasteiger partial charge in [0.15, 0.2) is 5.69 Å². The lowest BCUT2D eigenvalue weighted by atomic mass is 10.1. The van der Waals surface area contributed by atoms with Crippen LogP contribution in [0.4, 0.5) is 4.39 Å². The number of rotatable bonds is 7. The molecule has 11 heteroatoms. The fraction of sp³-hybridized carbons (Fsp3) is 0.286. The predicted molar refractivity (Wildman–Crippen MR) is 111 cm³/mol. The van der Waals surface area contributed by atoms with E-state index in [0.29, 0.717) is 17.8 Å². The molecule has 3 aromatic rings. The summed E-state index contributed by atoms with van der Waals surface area (Å²) in [6, 6.07) is 7.20. The van der Waals surface area contributed by atoms with Crippen molar-refractivity contribution in [2.24, 2.45) is 0 Å². The van der Waals surface area contributed by atoms with Gasteiger partial charge in [0.2, 0.25) is 5.76 Å². The topological polar surface area (TPSA) is 126 Å². The van der Waals surface area contributed by atoms with Crippen molar-refractivity contribution in [1.82, 2.24) is 25.6 Å². The van der Waals surface area contributed by atoms with Gasteiger partial charge in [0.1, 0.15) is 17.4 Å². The Morgan fingerprint density at radius 2 is 2.16 bits per heavy atom. The zero-order valence-electron chi connectivity index (χ0n) is 16.9. The first-order valence-electron chi connectivity index (χ1n) is 9.85. The number of halogens is 2. The second-order valence-corrected chi connectivity index (χ2v) is 7.96. The number of nitriles is 1. The smallest absolute Gasteiger partial charge is 0.290 e. The monoisotopic (exact) mass is 456 g/mol. The number of hydrogen-bond donors (Lipinski definition) is 2. The SMILES string of the molecule is CC(Cn1ccc(-c2cc(F)c(C#N)c(Cl)c2)n1)NC(=O)c1cc(C(=O)NC2CC2)on1. The van der Waals surface area contributed by atoms with Crippen molar-refractivity contribution in [1.29, 1.82) is 5.26 Å². The molecule has 9 nitrogen and oxygen atoms in total. The van der Waals surface area contributed by atoms with Gasteiger partial charge in [-0.05, 0) is 38.0 Å². The molecule has 4 rings (SSSR count). The Kier molecular flexibility index (Phi) is 5.92. The van der Waals surface area contributed by atoms with E-state index < -0.39 is 17.6 Å². The third-order valence-electron chi connectivity index (χ3n) is 4.81. The molecular formula is C21H18ClFN6O3. The van der Waals surface area contributed by atoms with Crippen molar-refractivity contribution in [3.05, 3.63) is 58.3 Å². The van der Waals surface area contributed by atoms with Crippen LogP contribution in [0.2, 0.25) is 5.02 Å². The van der Waals surface area contributed by atoms with Gasteiger partial charge in [0, 0.05) is 29.9 Å². The van der Waals surface area contributed by atoms with E-state index in [1.54, 1.807) is 29.9 Å². The van der Waals surface area contributed by atoms with Crippen molar-refractivity contribution in [2.75, 3.05) is 0 Å². The van der Waals surface area contributed by atoms with E-state index in [4.69, 9.17) is 21.4 Å². The second-order valence-electron chi connectivity index (χ2n) is 7.55. The van der Waals surface area contributed by atoms with Gasteiger partial charge in [0.05, 0.1) is 17.3 Å². The van der Waals surface area contributed by atoms with E-state index in [-0.39, 0.29) is 34.1 Å². The Morgan fingerprint density at radius 1 is 1.38 bits per heavy atom. The van der Waals surface area contributed by atoms with Crippen LogP contribution in [-0.4, -0.2) is 38.8 Å². The average molecular weight is 457 g/mol. The zero-order chi connectivity index (χ0) is 22.8. The van der Waals surface area contributed by atoms with Crippen LogP contribution in [0.1, 0.15) is 46.4 Å². The van der Waals surface area contributed by atoms with E-state index in [1.165, 1.54) is 18.2 Å². The van der Waals surface area contributed by atoms with Gasteiger partial charge in [0.25, 0.3) is 11.8 Å². The zero-order valence-corrected chi connectivity index (χ0v) is 17.7. The highest BCUT2D eigenvalue weighted by atomic mass is 35.5. The number of aromatic nitrogens is 3. The molecule has 0 saturated heterocycles. The molecule has 1 aliphatic carbocycles. The summed E-state index contributed by atoms with van der Waals surface area (Å²) in [4.78, 5) is 24.4. The molecule has 1 fully saturated rings. The van der Waals surface area contributed by atoms with Gasteiger partial charge in [-0.25, -0.2) is 4.39 Å². The Balaban J connectivity index is 1.37. The van der Waals surface area contributed by atoms with Gasteiger partial charge in [-0.2, -0.15) is 10.4 Å². The standard InChI is InChI=1S/C21H18ClFN6O3/c1-11(25-20(30)18-8-19(32-28-18)21(31)26-13-2-3-13)10-29-5-4-17(27-29)12-6-15(22)14(9-24)16(23)7-12/h4-8,11,13H,2-3,10H2,1H3,(H,25,30)(H,26,31). The molecule has 2 N–H and O–H groups in total. The summed E-state index contributed by atoms with van der Waals surface area (Å²) < 4.78 is 20.6. The Labute approximate surface area is 187 Å². The summed E-state index contributed by atoms with van der Waals surface area (Å²) in [5.41, 5.74) is 0.687. The van der Waals surface area contributed by atoms with Crippen molar-refractivity contribution in [2.45, 2.75) is 38.4 Å². The Hall–Kier alpha value is -3.71. The van der Waals surface area contributed by atoms with Crippen LogP contribution in [0.5, 0.6) is 0 Å². The van der Waals surface area contributed by atoms with Crippen molar-refractivity contribution < 1.29 is 18.5 Å². The number of hydrogen-bond acceptors (Lipinski definition) is 6. The van der Waals surface area contributed by atoms with Crippen LogP contribution in [0, 0.1) is 17.1 Å². The number of nitrogens with zero attached hydrogens (tertiary/aromatic N) is 4. The fourth-order valence-electron chi connectivity index (χ4n) is 3.04. The second kappa shape index (κ2) is 8.80. The van der Waals surface area contributed by atoms with Crippen LogP contribution in [0.15, 0.2) is 35.0 Å². The van der Waals surface area contributed by atoms with Crippen molar-refractivity contribution >= 4 is 23.4 Å². The normalized spacial score (nSPS) is 13.9. The largest absolute Gasteiger partial charge is 0.350 e. The van der Waals surface area contributed by atoms with Crippen LogP contribution < -0.4 is 10.6 Å². The summed E-state index contributed by atoms with van der Waals surface area (Å²) in [6.45, 7) is 2.10. The summed E-state index contributed by atoms with van der Waals surface area (Å²) in [5.74, 6) is -1.61. The molecule has 1 aliphatic rings. The highest BCUT2D eigenvalue weighted by Gasteiger charge is 2.26. The third kappa shape index (κ3) is 4.78. The summed E-state index contributed by atoms with van der Waals surface area (Å²) in [7, 11) is 0. The molecule has 2 heterocycles. The number of nitrogens with one attached hydrogen (secondary N) is 2. The molecule has 0 bridgehead atoms. The highest BCUT2D eigenvalue weighted by Crippen LogP contribution is 2.26. The van der Waals surface area contributed by atoms with Gasteiger partial charge in [-0.15, -0.1) is 0 Å². The first kappa shape index (κ1) is 21.5. The maximum absolute atomic E-state index is 14.0. The van der Waals surface area contributed by atoms with E-state index in [0.717, 1.165) is 12.8 Å². The number of amides is 2. The van der Waals surface area contributed by atoms with Crippen LogP contribution in [0.3, 0.4) is 0 Å². The van der Waals surface area contributed by atoms with E-state index >= 15 is 0 Å². The minimum Gasteiger partial charge on any atom is -0.350 e. The lowest BCUT2D eigenvalue weighted by molar-refractivity contribution is 0.0902. The van der Waals surface area contributed by atoms with Crippen LogP contribution in [-0.2, 0) is 6.54 Å². The summed E-state index contributed by atoms with van der Waals surface area (Å²) >= 11 is 5.96. The molecule has 164 valence electrons. The number of benzene rings is 1. The van der Waals surface area contributed by atoms with Gasteiger partial charge >= 0.3 is 0 Å². The Morgan fingerprint density at radius 3 is 2.84 bits per heavy atom. The fourth-order valence-corrected chi connectivity index (χ4v) is 3.29. The van der Waals surface area contributed by atoms with E-state index in [2.05, 4.69) is 20.9 Å². The number of carbonyl (C=O) groups excluding carboxylic acids is 2. The maximum atomic E-state index is 14.0. The highest BCUT2D eigenvalue weighted by molar-refractivity contribution is 6.32. The molecule has 1 saturated carbocycles. The average Bonchev–Trinajstić information content (AvgIpc) is 3.23. The van der Waals surface area contributed by atoms with Gasteiger partial charge in [-0.1, -0.05) is 16.8 Å². The quantitative estimate of drug-likeness (QED) is 0.563. The number of carbonyl (C=O) groups is 2. The Bertz CT molecular complexity index is 1200. The summed E-state index contributed by atoms with van der Waals surface area (Å²) in [5, 5.41) is 22.5. The lowest BCUT2D eigenvalue weighted by Crippen LogP contribution is -2.36. The first-order valence-corrected chi connectivity index (χ1v) is 10.2. The maximum Gasteiger partial charge on any atom is 0.290 e. The van der Waals surface area contributed by atoms with Crippen molar-refractivity contribution in [3.8, 4) is 17.3 Å². The first-order chi connectivity index (χ1) is 15.3. The van der Waals surface area contributed by atoms with E-state index in [9.17, 15) is 14.0 Å². The molecule has 0 radical (unpaired) electrons. The van der Waals surface area contributed by atoms with E-state index in [1.807, 2.05) is 0 Å². The van der Waals surface area contributed by atoms with Crippen LogP contribution in [0.25, 0.3) is 11.3 Å². The third-order valence-corrected chi connectivity index (χ3v) is 5.11. The van der Waals surface area contributed by atoms with Crippen molar-refractivity contribution in [3.63, 3.8) is 0 Å². The molecular weight excluding hydrogens is 439 g/mol. The van der Waals surface area contributed by atoms with Gasteiger partial charge < -0.3 is 15.2 Å². The molecule has 1 unspecified atom stereocenters. The minimum atomic E-state index is -0.719. The molecule has 0 spiro atoms. The molecule has 1 aromatic carbocycles. The molecule has 1 atom stereocenters. The molecule has 2 aromatic heterocycles. The lowest BCUT2D eigenvalue weighted by Gasteiger charge is -2.12. The molecule has 2 amide bonds. The minimum absolute atomic E-state index is 0.00153.